The molecule has 0 bridgehead atoms. The summed E-state index contributed by atoms with van der Waals surface area (Å²) in [6.45, 7) is 2.31. The number of hydrogen-bond acceptors (Lipinski definition) is 5. The molecule has 1 saturated heterocycles. The SMILES string of the molecule is COCCN1C(=O)C(=O)/C(=C(/O)c2cc(OC)ccc2Cl)C1c1c(C)[nH]c2ccccc12. The summed E-state index contributed by atoms with van der Waals surface area (Å²) in [5, 5.41) is 12.4. The van der Waals surface area contributed by atoms with E-state index in [4.69, 9.17) is 21.1 Å². The number of H-pyrrole nitrogens is 1. The number of benzene rings is 2. The Kier molecular flexibility index (Phi) is 5.95. The van der Waals surface area contributed by atoms with Crippen LogP contribution in [0.2, 0.25) is 5.02 Å². The molecule has 1 fully saturated rings. The smallest absolute Gasteiger partial charge is 0.295 e. The molecule has 0 aliphatic carbocycles. The fraction of sp³-hybridized carbons (Fsp3) is 0.250. The number of aliphatic hydroxyl groups is 1. The van der Waals surface area contributed by atoms with E-state index < -0.39 is 17.7 Å². The number of para-hydroxylation sites is 1. The summed E-state index contributed by atoms with van der Waals surface area (Å²) in [6.07, 6.45) is 0. The van der Waals surface area contributed by atoms with Gasteiger partial charge in [0.1, 0.15) is 11.5 Å². The van der Waals surface area contributed by atoms with E-state index in [2.05, 4.69) is 4.98 Å². The predicted molar refractivity (Wildman–Crippen MR) is 122 cm³/mol. The minimum absolute atomic E-state index is 0.0193. The van der Waals surface area contributed by atoms with E-state index >= 15 is 0 Å². The summed E-state index contributed by atoms with van der Waals surface area (Å²) < 4.78 is 10.4. The van der Waals surface area contributed by atoms with Gasteiger partial charge in [0.15, 0.2) is 0 Å². The van der Waals surface area contributed by atoms with E-state index in [1.165, 1.54) is 19.1 Å². The molecular formula is C24H23ClN2O5. The highest BCUT2D eigenvalue weighted by molar-refractivity contribution is 6.47. The highest BCUT2D eigenvalue weighted by Gasteiger charge is 2.47. The highest BCUT2D eigenvalue weighted by atomic mass is 35.5. The summed E-state index contributed by atoms with van der Waals surface area (Å²) in [5.41, 5.74) is 2.61. The van der Waals surface area contributed by atoms with E-state index in [9.17, 15) is 14.7 Å². The molecule has 1 amide bonds. The number of carbonyl (C=O) groups is 2. The Bertz CT molecular complexity index is 1250. The van der Waals surface area contributed by atoms with Gasteiger partial charge < -0.3 is 24.5 Å². The average molecular weight is 455 g/mol. The first-order chi connectivity index (χ1) is 15.4. The molecule has 1 aliphatic heterocycles. The Hall–Kier alpha value is -3.29. The molecule has 166 valence electrons. The molecule has 1 aliphatic rings. The van der Waals surface area contributed by atoms with Gasteiger partial charge in [0.05, 0.1) is 30.4 Å². The first-order valence-corrected chi connectivity index (χ1v) is 10.4. The van der Waals surface area contributed by atoms with Crippen molar-refractivity contribution in [2.24, 2.45) is 0 Å². The summed E-state index contributed by atoms with van der Waals surface area (Å²) in [6, 6.07) is 11.6. The van der Waals surface area contributed by atoms with Crippen LogP contribution in [0.4, 0.5) is 0 Å². The number of aryl methyl sites for hydroxylation is 1. The van der Waals surface area contributed by atoms with Crippen molar-refractivity contribution in [3.63, 3.8) is 0 Å². The maximum absolute atomic E-state index is 13.2. The molecule has 4 rings (SSSR count). The van der Waals surface area contributed by atoms with Gasteiger partial charge in [-0.05, 0) is 31.2 Å². The summed E-state index contributed by atoms with van der Waals surface area (Å²) >= 11 is 6.34. The predicted octanol–water partition coefficient (Wildman–Crippen LogP) is 4.21. The van der Waals surface area contributed by atoms with Crippen molar-refractivity contribution < 1.29 is 24.2 Å². The lowest BCUT2D eigenvalue weighted by molar-refractivity contribution is -0.140. The fourth-order valence-electron chi connectivity index (χ4n) is 4.21. The highest BCUT2D eigenvalue weighted by Crippen LogP contribution is 2.44. The number of ether oxygens (including phenoxy) is 2. The zero-order chi connectivity index (χ0) is 23.0. The number of amides is 1. The lowest BCUT2D eigenvalue weighted by Gasteiger charge is -2.25. The molecule has 2 N–H and O–H groups in total. The minimum Gasteiger partial charge on any atom is -0.507 e. The molecule has 2 heterocycles. The van der Waals surface area contributed by atoms with Gasteiger partial charge in [-0.15, -0.1) is 0 Å². The summed E-state index contributed by atoms with van der Waals surface area (Å²) in [7, 11) is 3.02. The largest absolute Gasteiger partial charge is 0.507 e. The van der Waals surface area contributed by atoms with Gasteiger partial charge >= 0.3 is 0 Å². The molecule has 1 atom stereocenters. The number of ketones is 1. The third-order valence-electron chi connectivity index (χ3n) is 5.72. The van der Waals surface area contributed by atoms with Crippen molar-refractivity contribution in [2.75, 3.05) is 27.4 Å². The lowest BCUT2D eigenvalue weighted by Crippen LogP contribution is -2.32. The second-order valence-electron chi connectivity index (χ2n) is 7.54. The van der Waals surface area contributed by atoms with E-state index in [-0.39, 0.29) is 35.1 Å². The quantitative estimate of drug-likeness (QED) is 0.331. The Morgan fingerprint density at radius 1 is 1.19 bits per heavy atom. The van der Waals surface area contributed by atoms with Crippen LogP contribution in [-0.2, 0) is 14.3 Å². The minimum atomic E-state index is -0.802. The Morgan fingerprint density at radius 2 is 1.94 bits per heavy atom. The molecule has 32 heavy (non-hydrogen) atoms. The van der Waals surface area contributed by atoms with Gasteiger partial charge in [0.2, 0.25) is 0 Å². The van der Waals surface area contributed by atoms with Crippen LogP contribution in [0.1, 0.15) is 22.9 Å². The van der Waals surface area contributed by atoms with Crippen LogP contribution in [0.15, 0.2) is 48.0 Å². The Labute approximate surface area is 190 Å². The first-order valence-electron chi connectivity index (χ1n) is 10.1. The summed E-state index contributed by atoms with van der Waals surface area (Å²) in [5.74, 6) is -1.35. The molecule has 1 unspecified atom stereocenters. The van der Waals surface area contributed by atoms with Crippen LogP contribution in [0, 0.1) is 6.92 Å². The molecule has 3 aromatic rings. The molecule has 0 spiro atoms. The van der Waals surface area contributed by atoms with Crippen LogP contribution in [0.5, 0.6) is 5.75 Å². The molecule has 7 nitrogen and oxygen atoms in total. The van der Waals surface area contributed by atoms with E-state index in [0.717, 1.165) is 22.2 Å². The molecule has 0 saturated carbocycles. The van der Waals surface area contributed by atoms with Gasteiger partial charge in [0, 0.05) is 41.4 Å². The number of hydrogen-bond donors (Lipinski definition) is 2. The van der Waals surface area contributed by atoms with Gasteiger partial charge in [0.25, 0.3) is 11.7 Å². The summed E-state index contributed by atoms with van der Waals surface area (Å²) in [4.78, 5) is 31.0. The molecule has 8 heteroatoms. The number of aromatic nitrogens is 1. The van der Waals surface area contributed by atoms with Crippen LogP contribution < -0.4 is 4.74 Å². The zero-order valence-electron chi connectivity index (χ0n) is 17.9. The average Bonchev–Trinajstić information content (AvgIpc) is 3.24. The standard InChI is InChI=1S/C24H23ClN2O5/c1-13-19(15-6-4-5-7-18(15)26-13)21-20(23(29)24(30)27(21)10-11-31-2)22(28)16-12-14(32-3)8-9-17(16)25/h4-9,12,21,26,28H,10-11H2,1-3H3/b22-20+. The van der Waals surface area contributed by atoms with Crippen molar-refractivity contribution in [1.29, 1.82) is 0 Å². The van der Waals surface area contributed by atoms with Gasteiger partial charge in [-0.1, -0.05) is 29.8 Å². The Morgan fingerprint density at radius 3 is 2.66 bits per heavy atom. The van der Waals surface area contributed by atoms with Crippen LogP contribution in [0.25, 0.3) is 16.7 Å². The van der Waals surface area contributed by atoms with Gasteiger partial charge in [-0.25, -0.2) is 0 Å². The first kappa shape index (κ1) is 21.9. The van der Waals surface area contributed by atoms with Crippen LogP contribution in [0.3, 0.4) is 0 Å². The third kappa shape index (κ3) is 3.53. The number of nitrogens with one attached hydrogen (secondary N) is 1. The van der Waals surface area contributed by atoms with Crippen LogP contribution >= 0.6 is 11.6 Å². The monoisotopic (exact) mass is 454 g/mol. The normalized spacial score (nSPS) is 18.0. The van der Waals surface area contributed by atoms with Crippen molar-refractivity contribution in [3.05, 3.63) is 69.9 Å². The van der Waals surface area contributed by atoms with Crippen LogP contribution in [-0.4, -0.2) is 54.1 Å². The second kappa shape index (κ2) is 8.68. The topological polar surface area (TPSA) is 91.9 Å². The van der Waals surface area contributed by atoms with Crippen molar-refractivity contribution in [3.8, 4) is 5.75 Å². The number of halogens is 1. The number of aliphatic hydroxyl groups excluding tert-OH is 1. The number of methoxy groups -OCH3 is 2. The number of aromatic amines is 1. The number of fused-ring (bicyclic) bond motifs is 1. The number of nitrogens with zero attached hydrogens (tertiary/aromatic N) is 1. The molecule has 2 aromatic carbocycles. The van der Waals surface area contributed by atoms with Crippen molar-refractivity contribution >= 4 is 40.0 Å². The van der Waals surface area contributed by atoms with Crippen molar-refractivity contribution in [1.82, 2.24) is 9.88 Å². The number of carbonyl (C=O) groups excluding carboxylic acids is 2. The number of likely N-dealkylation sites (tertiary alicyclic amines) is 1. The maximum Gasteiger partial charge on any atom is 0.295 e. The van der Waals surface area contributed by atoms with E-state index in [1.807, 2.05) is 31.2 Å². The van der Waals surface area contributed by atoms with E-state index in [0.29, 0.717) is 5.75 Å². The molecule has 1 aromatic heterocycles. The van der Waals surface area contributed by atoms with Gasteiger partial charge in [-0.3, -0.25) is 9.59 Å². The second-order valence-corrected chi connectivity index (χ2v) is 7.95. The number of rotatable bonds is 6. The molecule has 0 radical (unpaired) electrons. The number of Topliss-reactive ketones (excluding diaryl/α,β-unsaturated/α-hetero) is 1. The maximum atomic E-state index is 13.2. The third-order valence-corrected chi connectivity index (χ3v) is 6.05. The lowest BCUT2D eigenvalue weighted by atomic mass is 9.93. The zero-order valence-corrected chi connectivity index (χ0v) is 18.7. The Balaban J connectivity index is 1.99. The fourth-order valence-corrected chi connectivity index (χ4v) is 4.42. The van der Waals surface area contributed by atoms with Gasteiger partial charge in [-0.2, -0.15) is 0 Å². The van der Waals surface area contributed by atoms with E-state index in [1.54, 1.807) is 18.2 Å². The molecular weight excluding hydrogens is 432 g/mol. The van der Waals surface area contributed by atoms with Crippen molar-refractivity contribution in [2.45, 2.75) is 13.0 Å².